The Morgan fingerprint density at radius 3 is 2.29 bits per heavy atom. The minimum Gasteiger partial charge on any atom is -0.456 e. The topological polar surface area (TPSA) is 30.2 Å². The number of rotatable bonds is 0. The number of hydrogen-bond acceptors (Lipinski definition) is 2. The monoisotopic (exact) mass is 282 g/mol. The van der Waals surface area contributed by atoms with Gasteiger partial charge in [-0.3, -0.25) is 4.79 Å². The molecule has 0 aliphatic carbocycles. The van der Waals surface area contributed by atoms with Crippen molar-refractivity contribution in [2.24, 2.45) is 0 Å². The summed E-state index contributed by atoms with van der Waals surface area (Å²) in [7, 11) is 0. The van der Waals surface area contributed by atoms with Crippen molar-refractivity contribution < 1.29 is 13.2 Å². The molecule has 0 spiro atoms. The summed E-state index contributed by atoms with van der Waals surface area (Å²) in [4.78, 5) is 12.5. The average Bonchev–Trinajstić information content (AvgIpc) is 2.45. The van der Waals surface area contributed by atoms with Crippen LogP contribution in [0.3, 0.4) is 0 Å². The lowest BCUT2D eigenvalue weighted by molar-refractivity contribution is 0.615. The van der Waals surface area contributed by atoms with Crippen molar-refractivity contribution in [2.45, 2.75) is 0 Å². The van der Waals surface area contributed by atoms with Crippen LogP contribution in [-0.2, 0) is 0 Å². The van der Waals surface area contributed by atoms with Gasteiger partial charge < -0.3 is 4.42 Å². The van der Waals surface area contributed by atoms with Gasteiger partial charge in [-0.2, -0.15) is 0 Å². The highest BCUT2D eigenvalue weighted by atomic mass is 19.1. The van der Waals surface area contributed by atoms with Gasteiger partial charge in [-0.05, 0) is 47.2 Å². The highest BCUT2D eigenvalue weighted by molar-refractivity contribution is 5.99. The van der Waals surface area contributed by atoms with Gasteiger partial charge in [0.15, 0.2) is 0 Å². The molecule has 0 aliphatic heterocycles. The molecular formula is C17H8F2O2. The lowest BCUT2D eigenvalue weighted by Gasteiger charge is -2.04. The zero-order chi connectivity index (χ0) is 14.6. The van der Waals surface area contributed by atoms with E-state index in [1.54, 1.807) is 18.2 Å². The molecule has 3 aromatic carbocycles. The minimum atomic E-state index is -0.475. The smallest absolute Gasteiger partial charge is 0.200 e. The van der Waals surface area contributed by atoms with E-state index in [4.69, 9.17) is 4.42 Å². The van der Waals surface area contributed by atoms with Crippen molar-refractivity contribution in [3.8, 4) is 0 Å². The number of benzene rings is 3. The summed E-state index contributed by atoms with van der Waals surface area (Å²) in [5.41, 5.74) is 0.275. The van der Waals surface area contributed by atoms with Crippen LogP contribution in [0, 0.1) is 11.6 Å². The SMILES string of the molecule is O=c1c2ccc(F)cc2oc2cc3cc(F)ccc3cc12. The first-order valence-electron chi connectivity index (χ1n) is 6.37. The van der Waals surface area contributed by atoms with Gasteiger partial charge in [-0.15, -0.1) is 0 Å². The van der Waals surface area contributed by atoms with E-state index in [2.05, 4.69) is 0 Å². The van der Waals surface area contributed by atoms with E-state index >= 15 is 0 Å². The number of halogens is 2. The molecular weight excluding hydrogens is 274 g/mol. The standard InChI is InChI=1S/C17H8F2O2/c18-11-2-1-9-6-14-15(7-10(9)5-11)21-16-8-12(19)3-4-13(16)17(14)20/h1-8H. The van der Waals surface area contributed by atoms with Gasteiger partial charge in [0.25, 0.3) is 0 Å². The maximum atomic E-state index is 13.3. The second kappa shape index (κ2) is 4.12. The van der Waals surface area contributed by atoms with Crippen LogP contribution in [0.1, 0.15) is 0 Å². The summed E-state index contributed by atoms with van der Waals surface area (Å²) >= 11 is 0. The molecule has 1 heterocycles. The van der Waals surface area contributed by atoms with Crippen LogP contribution in [0.4, 0.5) is 8.78 Å². The van der Waals surface area contributed by atoms with E-state index in [9.17, 15) is 13.6 Å². The van der Waals surface area contributed by atoms with Gasteiger partial charge in [-0.1, -0.05) is 6.07 Å². The maximum absolute atomic E-state index is 13.3. The Labute approximate surface area is 117 Å². The molecule has 1 aromatic heterocycles. The summed E-state index contributed by atoms with van der Waals surface area (Å²) in [6.45, 7) is 0. The summed E-state index contributed by atoms with van der Waals surface area (Å²) in [6.07, 6.45) is 0. The quantitative estimate of drug-likeness (QED) is 0.448. The van der Waals surface area contributed by atoms with Gasteiger partial charge in [0.05, 0.1) is 10.8 Å². The summed E-state index contributed by atoms with van der Waals surface area (Å²) in [5.74, 6) is -0.840. The van der Waals surface area contributed by atoms with Crippen molar-refractivity contribution in [3.05, 3.63) is 70.4 Å². The zero-order valence-electron chi connectivity index (χ0n) is 10.7. The molecule has 0 N–H and O–H groups in total. The molecule has 0 atom stereocenters. The van der Waals surface area contributed by atoms with E-state index in [-0.39, 0.29) is 16.8 Å². The third kappa shape index (κ3) is 1.80. The molecule has 0 saturated heterocycles. The van der Waals surface area contributed by atoms with Crippen LogP contribution in [0.5, 0.6) is 0 Å². The fourth-order valence-electron chi connectivity index (χ4n) is 2.54. The van der Waals surface area contributed by atoms with Gasteiger partial charge >= 0.3 is 0 Å². The first-order valence-corrected chi connectivity index (χ1v) is 6.37. The summed E-state index contributed by atoms with van der Waals surface area (Å²) < 4.78 is 32.1. The Bertz CT molecular complexity index is 1080. The molecule has 21 heavy (non-hydrogen) atoms. The fourth-order valence-corrected chi connectivity index (χ4v) is 2.54. The average molecular weight is 282 g/mol. The van der Waals surface area contributed by atoms with Crippen LogP contribution < -0.4 is 5.43 Å². The lowest BCUT2D eigenvalue weighted by Crippen LogP contribution is -2.02. The molecule has 4 heteroatoms. The Morgan fingerprint density at radius 2 is 1.43 bits per heavy atom. The van der Waals surface area contributed by atoms with Crippen LogP contribution in [0.25, 0.3) is 32.7 Å². The molecule has 0 bridgehead atoms. The predicted octanol–water partition coefficient (Wildman–Crippen LogP) is 4.38. The van der Waals surface area contributed by atoms with Crippen LogP contribution >= 0.6 is 0 Å². The van der Waals surface area contributed by atoms with Gasteiger partial charge in [0.1, 0.15) is 22.8 Å². The normalized spacial score (nSPS) is 11.5. The zero-order valence-corrected chi connectivity index (χ0v) is 10.7. The van der Waals surface area contributed by atoms with Crippen LogP contribution in [0.15, 0.2) is 57.7 Å². The van der Waals surface area contributed by atoms with Crippen molar-refractivity contribution in [1.29, 1.82) is 0 Å². The summed E-state index contributed by atoms with van der Waals surface area (Å²) in [5, 5.41) is 2.10. The second-order valence-corrected chi connectivity index (χ2v) is 4.91. The van der Waals surface area contributed by atoms with Crippen LogP contribution in [-0.4, -0.2) is 0 Å². The molecule has 0 fully saturated rings. The Balaban J connectivity index is 2.22. The van der Waals surface area contributed by atoms with E-state index in [0.717, 1.165) is 5.39 Å². The van der Waals surface area contributed by atoms with Gasteiger partial charge in [0.2, 0.25) is 5.43 Å². The first-order chi connectivity index (χ1) is 10.1. The molecule has 0 unspecified atom stereocenters. The molecule has 0 amide bonds. The Hall–Kier alpha value is -2.75. The van der Waals surface area contributed by atoms with Gasteiger partial charge in [-0.25, -0.2) is 8.78 Å². The number of fused-ring (bicyclic) bond motifs is 3. The fraction of sp³-hybridized carbons (Fsp3) is 0. The molecule has 0 saturated carbocycles. The Morgan fingerprint density at radius 1 is 0.714 bits per heavy atom. The molecule has 0 radical (unpaired) electrons. The van der Waals surface area contributed by atoms with Crippen molar-refractivity contribution >= 4 is 32.7 Å². The second-order valence-electron chi connectivity index (χ2n) is 4.91. The minimum absolute atomic E-state index is 0.184. The van der Waals surface area contributed by atoms with Crippen molar-refractivity contribution in [3.63, 3.8) is 0 Å². The first kappa shape index (κ1) is 12.0. The molecule has 4 rings (SSSR count). The van der Waals surface area contributed by atoms with E-state index in [1.165, 1.54) is 30.3 Å². The third-order valence-corrected chi connectivity index (χ3v) is 3.55. The molecule has 0 aliphatic rings. The molecule has 4 aromatic rings. The predicted molar refractivity (Wildman–Crippen MR) is 77.4 cm³/mol. The van der Waals surface area contributed by atoms with Crippen molar-refractivity contribution in [2.75, 3.05) is 0 Å². The Kier molecular flexibility index (Phi) is 2.36. The van der Waals surface area contributed by atoms with E-state index in [0.29, 0.717) is 21.7 Å². The number of hydrogen-bond donors (Lipinski definition) is 0. The van der Waals surface area contributed by atoms with Crippen LogP contribution in [0.2, 0.25) is 0 Å². The summed E-state index contributed by atoms with van der Waals surface area (Å²) in [6, 6.07) is 11.4. The van der Waals surface area contributed by atoms with E-state index < -0.39 is 5.82 Å². The molecule has 102 valence electrons. The third-order valence-electron chi connectivity index (χ3n) is 3.55. The maximum Gasteiger partial charge on any atom is 0.200 e. The lowest BCUT2D eigenvalue weighted by atomic mass is 10.1. The highest BCUT2D eigenvalue weighted by Gasteiger charge is 2.10. The molecule has 2 nitrogen and oxygen atoms in total. The van der Waals surface area contributed by atoms with Gasteiger partial charge in [0, 0.05) is 6.07 Å². The van der Waals surface area contributed by atoms with E-state index in [1.807, 2.05) is 0 Å². The van der Waals surface area contributed by atoms with Crippen molar-refractivity contribution in [1.82, 2.24) is 0 Å². The largest absolute Gasteiger partial charge is 0.456 e. The highest BCUT2D eigenvalue weighted by Crippen LogP contribution is 2.25.